The van der Waals surface area contributed by atoms with Gasteiger partial charge in [0.25, 0.3) is 0 Å². The minimum atomic E-state index is 0.479. The summed E-state index contributed by atoms with van der Waals surface area (Å²) < 4.78 is 5.65. The van der Waals surface area contributed by atoms with Crippen molar-refractivity contribution in [3.63, 3.8) is 0 Å². The highest BCUT2D eigenvalue weighted by Gasteiger charge is 2.28. The van der Waals surface area contributed by atoms with Crippen molar-refractivity contribution in [2.75, 3.05) is 33.3 Å². The molecule has 0 bridgehead atoms. The van der Waals surface area contributed by atoms with E-state index in [0.717, 1.165) is 19.7 Å². The molecule has 14 heavy (non-hydrogen) atoms. The topological polar surface area (TPSA) is 24.5 Å². The molecule has 2 heterocycles. The molecule has 0 aromatic rings. The fourth-order valence-corrected chi connectivity index (χ4v) is 2.10. The van der Waals surface area contributed by atoms with Crippen molar-refractivity contribution >= 4 is 0 Å². The molecule has 2 fully saturated rings. The molecular formula is C11H24N2O. The van der Waals surface area contributed by atoms with Crippen LogP contribution in [0.5, 0.6) is 0 Å². The standard InChI is InChI=1S/C9H18N2O.C2H6/c1-11-5-4-10-8(7-11)9-3-2-6-12-9;1-2/h8-10H,2-7H2,1H3;1-2H3. The van der Waals surface area contributed by atoms with Gasteiger partial charge in [-0.25, -0.2) is 0 Å². The molecule has 0 saturated carbocycles. The summed E-state index contributed by atoms with van der Waals surface area (Å²) in [5, 5.41) is 3.52. The third-order valence-electron chi connectivity index (χ3n) is 2.82. The van der Waals surface area contributed by atoms with Crippen LogP contribution in [-0.4, -0.2) is 50.3 Å². The van der Waals surface area contributed by atoms with Gasteiger partial charge in [-0.3, -0.25) is 0 Å². The van der Waals surface area contributed by atoms with Gasteiger partial charge in [0.15, 0.2) is 0 Å². The molecule has 2 atom stereocenters. The Morgan fingerprint density at radius 1 is 1.36 bits per heavy atom. The molecule has 0 aliphatic carbocycles. The average molecular weight is 200 g/mol. The van der Waals surface area contributed by atoms with Crippen LogP contribution in [0.3, 0.4) is 0 Å². The molecule has 0 radical (unpaired) electrons. The van der Waals surface area contributed by atoms with E-state index in [1.165, 1.54) is 19.4 Å². The van der Waals surface area contributed by atoms with Gasteiger partial charge in [0, 0.05) is 32.3 Å². The second kappa shape index (κ2) is 6.38. The Morgan fingerprint density at radius 2 is 2.14 bits per heavy atom. The zero-order valence-electron chi connectivity index (χ0n) is 9.75. The van der Waals surface area contributed by atoms with Gasteiger partial charge in [0.05, 0.1) is 6.10 Å². The molecule has 2 saturated heterocycles. The highest BCUT2D eigenvalue weighted by molar-refractivity contribution is 4.85. The van der Waals surface area contributed by atoms with Crippen LogP contribution in [0.15, 0.2) is 0 Å². The lowest BCUT2D eigenvalue weighted by atomic mass is 10.1. The quantitative estimate of drug-likeness (QED) is 0.686. The van der Waals surface area contributed by atoms with E-state index in [1.807, 2.05) is 13.8 Å². The van der Waals surface area contributed by atoms with Gasteiger partial charge in [0.2, 0.25) is 0 Å². The van der Waals surface area contributed by atoms with Crippen molar-refractivity contribution < 1.29 is 4.74 Å². The number of hydrogen-bond acceptors (Lipinski definition) is 3. The number of hydrogen-bond donors (Lipinski definition) is 1. The normalized spacial score (nSPS) is 33.6. The molecule has 3 nitrogen and oxygen atoms in total. The van der Waals surface area contributed by atoms with Crippen molar-refractivity contribution in [1.29, 1.82) is 0 Å². The maximum absolute atomic E-state index is 5.65. The van der Waals surface area contributed by atoms with E-state index in [-0.39, 0.29) is 0 Å². The summed E-state index contributed by atoms with van der Waals surface area (Å²) in [7, 11) is 2.18. The van der Waals surface area contributed by atoms with Crippen LogP contribution < -0.4 is 5.32 Å². The van der Waals surface area contributed by atoms with Gasteiger partial charge in [-0.2, -0.15) is 0 Å². The Hall–Kier alpha value is -0.120. The van der Waals surface area contributed by atoms with Crippen LogP contribution in [0, 0.1) is 0 Å². The smallest absolute Gasteiger partial charge is 0.0741 e. The van der Waals surface area contributed by atoms with E-state index < -0.39 is 0 Å². The van der Waals surface area contributed by atoms with Gasteiger partial charge < -0.3 is 15.0 Å². The fraction of sp³-hybridized carbons (Fsp3) is 1.00. The highest BCUT2D eigenvalue weighted by Crippen LogP contribution is 2.17. The zero-order valence-corrected chi connectivity index (χ0v) is 9.75. The van der Waals surface area contributed by atoms with Crippen molar-refractivity contribution in [2.45, 2.75) is 38.8 Å². The van der Waals surface area contributed by atoms with Crippen LogP contribution in [0.25, 0.3) is 0 Å². The number of piperazine rings is 1. The Labute approximate surface area is 87.8 Å². The molecule has 2 aliphatic rings. The summed E-state index contributed by atoms with van der Waals surface area (Å²) in [6.45, 7) is 8.39. The van der Waals surface area contributed by atoms with Crippen molar-refractivity contribution in [2.24, 2.45) is 0 Å². The third-order valence-corrected chi connectivity index (χ3v) is 2.82. The summed E-state index contributed by atoms with van der Waals surface area (Å²) in [6.07, 6.45) is 2.96. The van der Waals surface area contributed by atoms with Gasteiger partial charge in [-0.15, -0.1) is 0 Å². The van der Waals surface area contributed by atoms with E-state index >= 15 is 0 Å². The number of nitrogens with one attached hydrogen (secondary N) is 1. The number of likely N-dealkylation sites (N-methyl/N-ethyl adjacent to an activating group) is 1. The highest BCUT2D eigenvalue weighted by atomic mass is 16.5. The van der Waals surface area contributed by atoms with Crippen LogP contribution in [-0.2, 0) is 4.74 Å². The maximum atomic E-state index is 5.65. The number of rotatable bonds is 1. The fourth-order valence-electron chi connectivity index (χ4n) is 2.10. The Balaban J connectivity index is 0.000000461. The van der Waals surface area contributed by atoms with Gasteiger partial charge in [0.1, 0.15) is 0 Å². The average Bonchev–Trinajstić information content (AvgIpc) is 2.74. The SMILES string of the molecule is CC.CN1CCNC(C2CCCO2)C1. The Kier molecular flexibility index (Phi) is 5.45. The molecule has 84 valence electrons. The molecule has 2 unspecified atom stereocenters. The molecular weight excluding hydrogens is 176 g/mol. The summed E-state index contributed by atoms with van der Waals surface area (Å²) in [5.74, 6) is 0. The second-order valence-corrected chi connectivity index (χ2v) is 3.87. The molecule has 0 aromatic carbocycles. The van der Waals surface area contributed by atoms with Crippen molar-refractivity contribution in [3.8, 4) is 0 Å². The predicted molar refractivity (Wildman–Crippen MR) is 59.6 cm³/mol. The van der Waals surface area contributed by atoms with Crippen LogP contribution in [0.1, 0.15) is 26.7 Å². The van der Waals surface area contributed by atoms with E-state index in [9.17, 15) is 0 Å². The van der Waals surface area contributed by atoms with E-state index in [0.29, 0.717) is 12.1 Å². The molecule has 2 aliphatic heterocycles. The minimum absolute atomic E-state index is 0.479. The first-order valence-electron chi connectivity index (χ1n) is 5.90. The van der Waals surface area contributed by atoms with Gasteiger partial charge >= 0.3 is 0 Å². The summed E-state index contributed by atoms with van der Waals surface area (Å²) >= 11 is 0. The summed E-state index contributed by atoms with van der Waals surface area (Å²) in [5.41, 5.74) is 0. The first-order chi connectivity index (χ1) is 6.86. The Morgan fingerprint density at radius 3 is 2.71 bits per heavy atom. The summed E-state index contributed by atoms with van der Waals surface area (Å²) in [4.78, 5) is 2.38. The molecule has 0 amide bonds. The minimum Gasteiger partial charge on any atom is -0.377 e. The van der Waals surface area contributed by atoms with Crippen LogP contribution in [0.2, 0.25) is 0 Å². The molecule has 2 rings (SSSR count). The number of ether oxygens (including phenoxy) is 1. The molecule has 0 spiro atoms. The molecule has 3 heteroatoms. The first-order valence-corrected chi connectivity index (χ1v) is 5.90. The monoisotopic (exact) mass is 200 g/mol. The maximum Gasteiger partial charge on any atom is 0.0741 e. The number of nitrogens with zero attached hydrogens (tertiary/aromatic N) is 1. The lowest BCUT2D eigenvalue weighted by Crippen LogP contribution is -2.54. The molecule has 0 aromatic heterocycles. The largest absolute Gasteiger partial charge is 0.377 e. The van der Waals surface area contributed by atoms with Crippen LogP contribution in [0.4, 0.5) is 0 Å². The van der Waals surface area contributed by atoms with Crippen LogP contribution >= 0.6 is 0 Å². The van der Waals surface area contributed by atoms with E-state index in [2.05, 4.69) is 17.3 Å². The molecule has 1 N–H and O–H groups in total. The van der Waals surface area contributed by atoms with Crippen molar-refractivity contribution in [1.82, 2.24) is 10.2 Å². The van der Waals surface area contributed by atoms with E-state index in [1.54, 1.807) is 0 Å². The van der Waals surface area contributed by atoms with E-state index in [4.69, 9.17) is 4.74 Å². The zero-order chi connectivity index (χ0) is 10.4. The van der Waals surface area contributed by atoms with Gasteiger partial charge in [-0.1, -0.05) is 13.8 Å². The second-order valence-electron chi connectivity index (χ2n) is 3.87. The van der Waals surface area contributed by atoms with Gasteiger partial charge in [-0.05, 0) is 19.9 Å². The lowest BCUT2D eigenvalue weighted by Gasteiger charge is -2.33. The third kappa shape index (κ3) is 3.23. The Bertz CT molecular complexity index is 146. The first kappa shape index (κ1) is 12.0. The van der Waals surface area contributed by atoms with Crippen molar-refractivity contribution in [3.05, 3.63) is 0 Å². The summed E-state index contributed by atoms with van der Waals surface area (Å²) in [6, 6.07) is 0.575. The lowest BCUT2D eigenvalue weighted by molar-refractivity contribution is 0.0550. The predicted octanol–water partition coefficient (Wildman–Crippen LogP) is 1.10.